The number of rotatable bonds is 6. The second kappa shape index (κ2) is 7.47. The predicted octanol–water partition coefficient (Wildman–Crippen LogP) is 3.68. The van der Waals surface area contributed by atoms with Crippen LogP contribution >= 0.6 is 23.4 Å². The molecule has 0 radical (unpaired) electrons. The summed E-state index contributed by atoms with van der Waals surface area (Å²) in [7, 11) is 0. The number of aromatic nitrogens is 2. The number of allylic oxidation sites excluding steroid dienone is 1. The Balaban J connectivity index is 2.36. The minimum Gasteiger partial charge on any atom is -0.295 e. The van der Waals surface area contributed by atoms with Crippen molar-refractivity contribution in [3.05, 3.63) is 56.6 Å². The van der Waals surface area contributed by atoms with E-state index in [0.717, 1.165) is 12.2 Å². The molecule has 1 heterocycles. The van der Waals surface area contributed by atoms with Gasteiger partial charge in [0.05, 0.1) is 0 Å². The number of thioether (sulfide) groups is 1. The molecule has 0 fully saturated rings. The zero-order chi connectivity index (χ0) is 16.1. The second-order valence-corrected chi connectivity index (χ2v) is 5.99. The van der Waals surface area contributed by atoms with Crippen LogP contribution in [0.4, 0.5) is 0 Å². The Morgan fingerprint density at radius 3 is 2.73 bits per heavy atom. The van der Waals surface area contributed by atoms with Gasteiger partial charge in [-0.1, -0.05) is 23.7 Å². The molecule has 0 aliphatic heterocycles. The van der Waals surface area contributed by atoms with E-state index in [-0.39, 0.29) is 5.82 Å². The highest BCUT2D eigenvalue weighted by Crippen LogP contribution is 2.16. The van der Waals surface area contributed by atoms with E-state index in [1.807, 2.05) is 5.41 Å². The van der Waals surface area contributed by atoms with Crippen molar-refractivity contribution in [2.75, 3.05) is 5.75 Å². The molecule has 22 heavy (non-hydrogen) atoms. The Morgan fingerprint density at radius 2 is 2.09 bits per heavy atom. The maximum absolute atomic E-state index is 12.5. The minimum absolute atomic E-state index is 0.0434. The molecule has 0 bridgehead atoms. The van der Waals surface area contributed by atoms with Gasteiger partial charge in [0, 0.05) is 16.3 Å². The van der Waals surface area contributed by atoms with Gasteiger partial charge in [0.15, 0.2) is 0 Å². The summed E-state index contributed by atoms with van der Waals surface area (Å²) in [6.45, 7) is 3.80. The molecular weight excluding hydrogens is 324 g/mol. The van der Waals surface area contributed by atoms with Crippen LogP contribution in [0.5, 0.6) is 0 Å². The fraction of sp³-hybridized carbons (Fsp3) is 0.267. The topological polar surface area (TPSA) is 65.1 Å². The van der Waals surface area contributed by atoms with Crippen molar-refractivity contribution in [1.29, 1.82) is 0 Å². The van der Waals surface area contributed by atoms with E-state index < -0.39 is 11.5 Å². The zero-order valence-corrected chi connectivity index (χ0v) is 13.8. The minimum atomic E-state index is -0.678. The smallest absolute Gasteiger partial charge is 0.295 e. The molecule has 0 aliphatic carbocycles. The number of carbonyl (C=O) groups is 1. The first-order valence-electron chi connectivity index (χ1n) is 6.72. The summed E-state index contributed by atoms with van der Waals surface area (Å²) in [5, 5.41) is 5.96. The molecule has 0 unspecified atom stereocenters. The molecule has 0 spiro atoms. The standard InChI is InChI=1S/C15H15ClN2O3S/c1-3-8-22-9-10(2)18-14(17-21-15(18)20)13(19)11-4-6-12(16)7-5-11/h4-7,9H,3,8H2,1-2H3/b10-9-. The van der Waals surface area contributed by atoms with Crippen molar-refractivity contribution in [3.8, 4) is 0 Å². The van der Waals surface area contributed by atoms with E-state index in [1.54, 1.807) is 43.0 Å². The van der Waals surface area contributed by atoms with E-state index in [1.165, 1.54) is 4.57 Å². The van der Waals surface area contributed by atoms with Gasteiger partial charge in [-0.3, -0.25) is 9.32 Å². The Kier molecular flexibility index (Phi) is 5.63. The first kappa shape index (κ1) is 16.6. The summed E-state index contributed by atoms with van der Waals surface area (Å²) < 4.78 is 5.83. The molecule has 0 N–H and O–H groups in total. The van der Waals surface area contributed by atoms with Crippen molar-refractivity contribution >= 4 is 34.8 Å². The lowest BCUT2D eigenvalue weighted by Crippen LogP contribution is -2.18. The molecule has 1 aromatic heterocycles. The summed E-state index contributed by atoms with van der Waals surface area (Å²) in [4.78, 5) is 24.3. The average molecular weight is 339 g/mol. The summed E-state index contributed by atoms with van der Waals surface area (Å²) in [6.07, 6.45) is 1.02. The molecule has 0 saturated heterocycles. The molecule has 0 atom stereocenters. The SMILES string of the molecule is CCCS/C=C(/C)n1c(C(=O)c2ccc(Cl)cc2)noc1=O. The van der Waals surface area contributed by atoms with Crippen molar-refractivity contribution in [1.82, 2.24) is 9.72 Å². The van der Waals surface area contributed by atoms with Gasteiger partial charge in [-0.05, 0) is 48.8 Å². The van der Waals surface area contributed by atoms with Crippen LogP contribution < -0.4 is 5.76 Å². The van der Waals surface area contributed by atoms with Crippen molar-refractivity contribution < 1.29 is 9.32 Å². The number of hydrogen-bond acceptors (Lipinski definition) is 5. The summed E-state index contributed by atoms with van der Waals surface area (Å²) in [5.74, 6) is -0.185. The molecule has 2 aromatic rings. The van der Waals surface area contributed by atoms with Gasteiger partial charge in [0.2, 0.25) is 11.6 Å². The van der Waals surface area contributed by atoms with Gasteiger partial charge in [-0.2, -0.15) is 0 Å². The Hall–Kier alpha value is -1.79. The lowest BCUT2D eigenvalue weighted by atomic mass is 10.1. The van der Waals surface area contributed by atoms with Crippen LogP contribution in [-0.4, -0.2) is 21.3 Å². The van der Waals surface area contributed by atoms with Gasteiger partial charge >= 0.3 is 5.76 Å². The summed E-state index contributed by atoms with van der Waals surface area (Å²) >= 11 is 7.37. The molecule has 116 valence electrons. The highest BCUT2D eigenvalue weighted by atomic mass is 35.5. The molecule has 0 saturated carbocycles. The molecule has 0 aliphatic rings. The number of halogens is 1. The van der Waals surface area contributed by atoms with Gasteiger partial charge < -0.3 is 0 Å². The van der Waals surface area contributed by atoms with Gasteiger partial charge in [0.25, 0.3) is 0 Å². The Bertz CT molecular complexity index is 747. The van der Waals surface area contributed by atoms with Crippen LogP contribution in [0.25, 0.3) is 5.70 Å². The van der Waals surface area contributed by atoms with Crippen LogP contribution in [0, 0.1) is 0 Å². The number of benzene rings is 1. The van der Waals surface area contributed by atoms with Gasteiger partial charge in [0.1, 0.15) is 0 Å². The summed E-state index contributed by atoms with van der Waals surface area (Å²) in [6, 6.07) is 6.38. The maximum Gasteiger partial charge on any atom is 0.446 e. The van der Waals surface area contributed by atoms with Gasteiger partial charge in [-0.25, -0.2) is 9.36 Å². The summed E-state index contributed by atoms with van der Waals surface area (Å²) in [5.41, 5.74) is 0.988. The van der Waals surface area contributed by atoms with Crippen molar-refractivity contribution in [2.45, 2.75) is 20.3 Å². The largest absolute Gasteiger partial charge is 0.446 e. The highest BCUT2D eigenvalue weighted by molar-refractivity contribution is 8.02. The lowest BCUT2D eigenvalue weighted by molar-refractivity contribution is 0.102. The third-order valence-electron chi connectivity index (χ3n) is 2.84. The first-order valence-corrected chi connectivity index (χ1v) is 8.15. The van der Waals surface area contributed by atoms with E-state index in [0.29, 0.717) is 16.3 Å². The first-order chi connectivity index (χ1) is 10.5. The quantitative estimate of drug-likeness (QED) is 0.593. The third-order valence-corrected chi connectivity index (χ3v) is 4.25. The lowest BCUT2D eigenvalue weighted by Gasteiger charge is -2.04. The second-order valence-electron chi connectivity index (χ2n) is 4.57. The number of ketones is 1. The van der Waals surface area contributed by atoms with Crippen molar-refractivity contribution in [2.24, 2.45) is 0 Å². The molecular formula is C15H15ClN2O3S. The fourth-order valence-electron chi connectivity index (χ4n) is 1.78. The van der Waals surface area contributed by atoms with E-state index in [9.17, 15) is 9.59 Å². The Labute approximate surface area is 136 Å². The molecule has 5 nitrogen and oxygen atoms in total. The van der Waals surface area contributed by atoms with Gasteiger partial charge in [-0.15, -0.1) is 11.8 Å². The number of hydrogen-bond donors (Lipinski definition) is 0. The van der Waals surface area contributed by atoms with Crippen LogP contribution in [0.1, 0.15) is 36.5 Å². The van der Waals surface area contributed by atoms with Crippen molar-refractivity contribution in [3.63, 3.8) is 0 Å². The average Bonchev–Trinajstić information content (AvgIpc) is 2.89. The number of nitrogens with zero attached hydrogens (tertiary/aromatic N) is 2. The normalized spacial score (nSPS) is 11.7. The monoisotopic (exact) mass is 338 g/mol. The van der Waals surface area contributed by atoms with Crippen LogP contribution in [-0.2, 0) is 0 Å². The van der Waals surface area contributed by atoms with E-state index in [2.05, 4.69) is 16.6 Å². The fourth-order valence-corrected chi connectivity index (χ4v) is 2.61. The molecule has 0 amide bonds. The van der Waals surface area contributed by atoms with E-state index in [4.69, 9.17) is 11.6 Å². The molecule has 2 rings (SSSR count). The zero-order valence-electron chi connectivity index (χ0n) is 12.2. The van der Waals surface area contributed by atoms with Crippen LogP contribution in [0.15, 0.2) is 39.0 Å². The molecule has 1 aromatic carbocycles. The number of carbonyl (C=O) groups excluding carboxylic acids is 1. The highest BCUT2D eigenvalue weighted by Gasteiger charge is 2.21. The third kappa shape index (κ3) is 3.69. The maximum atomic E-state index is 12.5. The Morgan fingerprint density at radius 1 is 1.41 bits per heavy atom. The van der Waals surface area contributed by atoms with Crippen LogP contribution in [0.3, 0.4) is 0 Å². The molecule has 7 heteroatoms. The van der Waals surface area contributed by atoms with E-state index >= 15 is 0 Å². The predicted molar refractivity (Wildman–Crippen MR) is 88.3 cm³/mol. The van der Waals surface area contributed by atoms with Crippen LogP contribution in [0.2, 0.25) is 5.02 Å².